The molecule has 1 saturated heterocycles. The summed E-state index contributed by atoms with van der Waals surface area (Å²) in [6, 6.07) is 12.3. The van der Waals surface area contributed by atoms with Gasteiger partial charge in [0.1, 0.15) is 5.82 Å². The van der Waals surface area contributed by atoms with E-state index < -0.39 is 16.1 Å². The summed E-state index contributed by atoms with van der Waals surface area (Å²) < 4.78 is 41.1. The van der Waals surface area contributed by atoms with Gasteiger partial charge in [0.05, 0.1) is 6.54 Å². The number of halogens is 2. The van der Waals surface area contributed by atoms with Crippen LogP contribution >= 0.6 is 11.6 Å². The van der Waals surface area contributed by atoms with Crippen molar-refractivity contribution in [2.24, 2.45) is 0 Å². The summed E-state index contributed by atoms with van der Waals surface area (Å²) in [6.07, 6.45) is 0.602. The number of nitrogens with zero attached hydrogens (tertiary/aromatic N) is 2. The summed E-state index contributed by atoms with van der Waals surface area (Å²) in [5.41, 5.74) is 1.19. The minimum absolute atomic E-state index is 0.134. The Morgan fingerprint density at radius 1 is 1.11 bits per heavy atom. The summed E-state index contributed by atoms with van der Waals surface area (Å²) in [4.78, 5) is 12.3. The maximum atomic E-state index is 13.0. The lowest BCUT2D eigenvalue weighted by Gasteiger charge is -2.34. The Morgan fingerprint density at radius 3 is 2.52 bits per heavy atom. The van der Waals surface area contributed by atoms with Gasteiger partial charge < -0.3 is 5.32 Å². The molecule has 0 radical (unpaired) electrons. The maximum absolute atomic E-state index is 13.0. The fraction of sp³-hybridized carbons (Fsp3) is 0.278. The van der Waals surface area contributed by atoms with E-state index in [1.54, 1.807) is 36.4 Å². The zero-order chi connectivity index (χ0) is 19.4. The topological polar surface area (TPSA) is 69.7 Å². The van der Waals surface area contributed by atoms with Crippen molar-refractivity contribution in [1.29, 1.82) is 0 Å². The van der Waals surface area contributed by atoms with Crippen LogP contribution in [0.1, 0.15) is 12.0 Å². The number of rotatable bonds is 5. The van der Waals surface area contributed by atoms with E-state index in [4.69, 9.17) is 11.6 Å². The van der Waals surface area contributed by atoms with Crippen LogP contribution in [0.25, 0.3) is 0 Å². The second kappa shape index (κ2) is 8.35. The molecule has 2 aromatic carbocycles. The molecule has 0 bridgehead atoms. The fourth-order valence-electron chi connectivity index (χ4n) is 2.86. The molecule has 1 aliphatic heterocycles. The Morgan fingerprint density at radius 2 is 1.81 bits per heavy atom. The molecule has 1 N–H and O–H groups in total. The van der Waals surface area contributed by atoms with Gasteiger partial charge in [-0.05, 0) is 42.3 Å². The molecule has 1 aliphatic rings. The fourth-order valence-corrected chi connectivity index (χ4v) is 4.69. The zero-order valence-corrected chi connectivity index (χ0v) is 16.0. The molecular formula is C18H19ClFN3O3S. The minimum atomic E-state index is -3.78. The van der Waals surface area contributed by atoms with E-state index in [0.29, 0.717) is 29.2 Å². The van der Waals surface area contributed by atoms with E-state index in [-0.39, 0.29) is 25.5 Å². The molecule has 1 amide bonds. The van der Waals surface area contributed by atoms with E-state index in [0.717, 1.165) is 4.31 Å². The van der Waals surface area contributed by atoms with Gasteiger partial charge in [0.15, 0.2) is 0 Å². The van der Waals surface area contributed by atoms with Gasteiger partial charge >= 0.3 is 0 Å². The molecule has 0 saturated carbocycles. The lowest BCUT2D eigenvalue weighted by molar-refractivity contribution is -0.116. The van der Waals surface area contributed by atoms with Crippen LogP contribution in [0.15, 0.2) is 48.5 Å². The predicted molar refractivity (Wildman–Crippen MR) is 102 cm³/mol. The summed E-state index contributed by atoms with van der Waals surface area (Å²) in [5.74, 6) is -0.816. The summed E-state index contributed by atoms with van der Waals surface area (Å²) in [6.45, 7) is 0.473. The molecule has 27 heavy (non-hydrogen) atoms. The molecule has 6 nitrogen and oxygen atoms in total. The van der Waals surface area contributed by atoms with Crippen molar-refractivity contribution in [3.05, 3.63) is 64.9 Å². The number of anilines is 1. The highest BCUT2D eigenvalue weighted by molar-refractivity contribution is 7.86. The van der Waals surface area contributed by atoms with Crippen LogP contribution in [0.2, 0.25) is 5.02 Å². The number of carbonyl (C=O) groups is 1. The molecule has 9 heteroatoms. The number of nitrogens with one attached hydrogen (secondary N) is 1. The third kappa shape index (κ3) is 5.04. The van der Waals surface area contributed by atoms with Crippen LogP contribution in [-0.2, 0) is 21.5 Å². The lowest BCUT2D eigenvalue weighted by atomic mass is 10.2. The van der Waals surface area contributed by atoms with Gasteiger partial charge in [-0.15, -0.1) is 0 Å². The van der Waals surface area contributed by atoms with Crippen LogP contribution in [-0.4, -0.2) is 42.6 Å². The molecule has 0 spiro atoms. The third-order valence-electron chi connectivity index (χ3n) is 4.17. The Labute approximate surface area is 162 Å². The second-order valence-corrected chi connectivity index (χ2v) is 8.58. The SMILES string of the molecule is O=C(CN1CCCN(Cc2ccc(F)cc2)S1(=O)=O)Nc1cccc(Cl)c1. The number of amides is 1. The van der Waals surface area contributed by atoms with Gasteiger partial charge in [-0.3, -0.25) is 4.79 Å². The van der Waals surface area contributed by atoms with Crippen molar-refractivity contribution in [3.63, 3.8) is 0 Å². The molecule has 0 aromatic heterocycles. The normalized spacial score (nSPS) is 17.6. The van der Waals surface area contributed by atoms with Crippen LogP contribution in [0.4, 0.5) is 10.1 Å². The van der Waals surface area contributed by atoms with Crippen molar-refractivity contribution in [1.82, 2.24) is 8.61 Å². The smallest absolute Gasteiger partial charge is 0.282 e. The average molecular weight is 412 g/mol. The Balaban J connectivity index is 1.66. The quantitative estimate of drug-likeness (QED) is 0.822. The van der Waals surface area contributed by atoms with Crippen LogP contribution in [0, 0.1) is 5.82 Å². The van der Waals surface area contributed by atoms with Gasteiger partial charge in [0.2, 0.25) is 5.91 Å². The predicted octanol–water partition coefficient (Wildman–Crippen LogP) is 2.87. The Hall–Kier alpha value is -2.00. The first-order valence-corrected chi connectivity index (χ1v) is 10.2. The zero-order valence-electron chi connectivity index (χ0n) is 14.4. The van der Waals surface area contributed by atoms with Gasteiger partial charge in [-0.25, -0.2) is 4.39 Å². The number of benzene rings is 2. The minimum Gasteiger partial charge on any atom is -0.325 e. The molecule has 144 valence electrons. The van der Waals surface area contributed by atoms with Gasteiger partial charge in [0, 0.05) is 30.3 Å². The molecule has 0 unspecified atom stereocenters. The van der Waals surface area contributed by atoms with E-state index >= 15 is 0 Å². The second-order valence-electron chi connectivity index (χ2n) is 6.21. The van der Waals surface area contributed by atoms with E-state index in [1.165, 1.54) is 16.4 Å². The average Bonchev–Trinajstić information content (AvgIpc) is 2.60. The first-order chi connectivity index (χ1) is 12.8. The maximum Gasteiger partial charge on any atom is 0.282 e. The number of hydrogen-bond donors (Lipinski definition) is 1. The number of carbonyl (C=O) groups excluding carboxylic acids is 1. The van der Waals surface area contributed by atoms with Crippen molar-refractivity contribution < 1.29 is 17.6 Å². The lowest BCUT2D eigenvalue weighted by Crippen LogP contribution is -2.51. The van der Waals surface area contributed by atoms with Crippen LogP contribution in [0.5, 0.6) is 0 Å². The van der Waals surface area contributed by atoms with Crippen molar-refractivity contribution >= 4 is 33.4 Å². The Bertz CT molecular complexity index is 922. The van der Waals surface area contributed by atoms with Crippen molar-refractivity contribution in [2.45, 2.75) is 13.0 Å². The van der Waals surface area contributed by atoms with Gasteiger partial charge in [-0.1, -0.05) is 29.8 Å². The highest BCUT2D eigenvalue weighted by atomic mass is 35.5. The molecular weight excluding hydrogens is 393 g/mol. The molecule has 1 heterocycles. The molecule has 3 rings (SSSR count). The summed E-state index contributed by atoms with van der Waals surface area (Å²) >= 11 is 5.88. The van der Waals surface area contributed by atoms with Gasteiger partial charge in [-0.2, -0.15) is 17.0 Å². The summed E-state index contributed by atoms with van der Waals surface area (Å²) in [5, 5.41) is 3.12. The van der Waals surface area contributed by atoms with E-state index in [1.807, 2.05) is 0 Å². The van der Waals surface area contributed by atoms with E-state index in [9.17, 15) is 17.6 Å². The van der Waals surface area contributed by atoms with Crippen molar-refractivity contribution in [2.75, 3.05) is 25.0 Å². The highest BCUT2D eigenvalue weighted by Gasteiger charge is 2.34. The third-order valence-corrected chi connectivity index (χ3v) is 6.33. The summed E-state index contributed by atoms with van der Waals surface area (Å²) in [7, 11) is -3.78. The van der Waals surface area contributed by atoms with Gasteiger partial charge in [0.25, 0.3) is 10.2 Å². The molecule has 1 fully saturated rings. The largest absolute Gasteiger partial charge is 0.325 e. The number of hydrogen-bond acceptors (Lipinski definition) is 3. The monoisotopic (exact) mass is 411 g/mol. The van der Waals surface area contributed by atoms with Crippen LogP contribution < -0.4 is 5.32 Å². The Kier molecular flexibility index (Phi) is 6.11. The molecule has 0 atom stereocenters. The van der Waals surface area contributed by atoms with Crippen LogP contribution in [0.3, 0.4) is 0 Å². The highest BCUT2D eigenvalue weighted by Crippen LogP contribution is 2.20. The molecule has 2 aromatic rings. The first kappa shape index (κ1) is 19.8. The standard InChI is InChI=1S/C18H19ClFN3O3S/c19-15-3-1-4-17(11-15)21-18(24)13-23-10-2-9-22(27(23,25)26)12-14-5-7-16(20)8-6-14/h1,3-8,11H,2,9-10,12-13H2,(H,21,24). The van der Waals surface area contributed by atoms with Crippen molar-refractivity contribution in [3.8, 4) is 0 Å². The molecule has 0 aliphatic carbocycles. The van der Waals surface area contributed by atoms with E-state index in [2.05, 4.69) is 5.32 Å². The first-order valence-electron chi connectivity index (χ1n) is 8.40.